The zero-order chi connectivity index (χ0) is 24.0. The van der Waals surface area contributed by atoms with Gasteiger partial charge in [0.15, 0.2) is 0 Å². The van der Waals surface area contributed by atoms with E-state index in [1.54, 1.807) is 36.4 Å². The summed E-state index contributed by atoms with van der Waals surface area (Å²) < 4.78 is 16.7. The maximum Gasteiger partial charge on any atom is 0.295 e. The summed E-state index contributed by atoms with van der Waals surface area (Å²) >= 11 is 0. The highest BCUT2D eigenvalue weighted by Gasteiger charge is 2.46. The molecule has 0 aromatic heterocycles. The van der Waals surface area contributed by atoms with E-state index in [0.29, 0.717) is 29.2 Å². The summed E-state index contributed by atoms with van der Waals surface area (Å²) in [6.07, 6.45) is 0.866. The number of aliphatic hydroxyl groups is 1. The minimum Gasteiger partial charge on any atom is -0.507 e. The van der Waals surface area contributed by atoms with Crippen LogP contribution >= 0.6 is 0 Å². The summed E-state index contributed by atoms with van der Waals surface area (Å²) in [4.78, 5) is 27.5. The van der Waals surface area contributed by atoms with E-state index in [1.165, 1.54) is 12.0 Å². The van der Waals surface area contributed by atoms with Crippen LogP contribution < -0.4 is 9.47 Å². The molecule has 1 amide bonds. The van der Waals surface area contributed by atoms with E-state index in [2.05, 4.69) is 0 Å². The van der Waals surface area contributed by atoms with Crippen molar-refractivity contribution in [2.45, 2.75) is 39.3 Å². The molecule has 0 aliphatic carbocycles. The molecular weight excluding hydrogens is 422 g/mol. The van der Waals surface area contributed by atoms with Gasteiger partial charge in [-0.15, -0.1) is 0 Å². The number of amides is 1. The average Bonchev–Trinajstić information content (AvgIpc) is 3.07. The van der Waals surface area contributed by atoms with E-state index < -0.39 is 17.7 Å². The van der Waals surface area contributed by atoms with Crippen molar-refractivity contribution in [1.29, 1.82) is 0 Å². The number of Topliss-reactive ketones (excluding diaryl/α,β-unsaturated/α-hetero) is 1. The molecule has 1 unspecified atom stereocenters. The zero-order valence-corrected chi connectivity index (χ0v) is 19.5. The van der Waals surface area contributed by atoms with E-state index >= 15 is 0 Å². The summed E-state index contributed by atoms with van der Waals surface area (Å²) in [6.45, 7) is 6.87. The van der Waals surface area contributed by atoms with Crippen molar-refractivity contribution in [2.24, 2.45) is 0 Å². The number of ketones is 1. The van der Waals surface area contributed by atoms with Crippen molar-refractivity contribution in [1.82, 2.24) is 4.90 Å². The third-order valence-electron chi connectivity index (χ3n) is 5.36. The van der Waals surface area contributed by atoms with Crippen molar-refractivity contribution >= 4 is 17.4 Å². The number of para-hydroxylation sites is 1. The second-order valence-corrected chi connectivity index (χ2v) is 8.03. The minimum atomic E-state index is -0.798. The van der Waals surface area contributed by atoms with Crippen molar-refractivity contribution in [3.8, 4) is 11.5 Å². The van der Waals surface area contributed by atoms with Crippen LogP contribution in [0.2, 0.25) is 0 Å². The number of methoxy groups -OCH3 is 1. The van der Waals surface area contributed by atoms with Crippen LogP contribution in [-0.4, -0.2) is 54.7 Å². The number of benzene rings is 2. The van der Waals surface area contributed by atoms with Crippen molar-refractivity contribution in [2.75, 3.05) is 26.9 Å². The summed E-state index contributed by atoms with van der Waals surface area (Å²) in [7, 11) is 1.53. The van der Waals surface area contributed by atoms with E-state index in [9.17, 15) is 14.7 Å². The van der Waals surface area contributed by atoms with Crippen LogP contribution in [0.1, 0.15) is 44.4 Å². The van der Waals surface area contributed by atoms with Gasteiger partial charge >= 0.3 is 0 Å². The molecule has 1 N–H and O–H groups in total. The van der Waals surface area contributed by atoms with Gasteiger partial charge in [0.2, 0.25) is 0 Å². The van der Waals surface area contributed by atoms with Gasteiger partial charge in [-0.2, -0.15) is 0 Å². The Morgan fingerprint density at radius 3 is 2.39 bits per heavy atom. The normalized spacial score (nSPS) is 17.6. The van der Waals surface area contributed by atoms with Gasteiger partial charge in [0.25, 0.3) is 11.7 Å². The Morgan fingerprint density at radius 2 is 1.76 bits per heavy atom. The fourth-order valence-corrected chi connectivity index (χ4v) is 3.80. The van der Waals surface area contributed by atoms with Crippen LogP contribution in [0, 0.1) is 0 Å². The van der Waals surface area contributed by atoms with Gasteiger partial charge in [0.1, 0.15) is 17.3 Å². The third-order valence-corrected chi connectivity index (χ3v) is 5.36. The fraction of sp³-hybridized carbons (Fsp3) is 0.385. The van der Waals surface area contributed by atoms with E-state index in [-0.39, 0.29) is 30.6 Å². The van der Waals surface area contributed by atoms with Crippen LogP contribution in [-0.2, 0) is 14.3 Å². The fourth-order valence-electron chi connectivity index (χ4n) is 3.80. The third kappa shape index (κ3) is 5.37. The maximum absolute atomic E-state index is 13.1. The Labute approximate surface area is 194 Å². The van der Waals surface area contributed by atoms with Gasteiger partial charge < -0.3 is 24.2 Å². The summed E-state index contributed by atoms with van der Waals surface area (Å²) in [5, 5.41) is 11.2. The average molecular weight is 454 g/mol. The van der Waals surface area contributed by atoms with Crippen molar-refractivity contribution in [3.63, 3.8) is 0 Å². The largest absolute Gasteiger partial charge is 0.507 e. The molecule has 176 valence electrons. The lowest BCUT2D eigenvalue weighted by Crippen LogP contribution is -2.33. The van der Waals surface area contributed by atoms with Gasteiger partial charge in [0.05, 0.1) is 38.0 Å². The molecule has 2 aromatic rings. The van der Waals surface area contributed by atoms with Crippen LogP contribution in [0.25, 0.3) is 5.76 Å². The highest BCUT2D eigenvalue weighted by atomic mass is 16.5. The molecule has 7 nitrogen and oxygen atoms in total. The maximum atomic E-state index is 13.1. The standard InChI is InChI=1S/C26H31NO6/c1-5-15-33-19-12-10-18(11-13-19)24(28)22-23(20-8-6-7-9-21(20)31-4)27(26(30)25(22)29)14-16-32-17(2)3/h6-13,17,23,28H,5,14-16H2,1-4H3/b24-22-. The first-order valence-corrected chi connectivity index (χ1v) is 11.1. The SMILES string of the molecule is CCCOc1ccc(/C(O)=C2/C(=O)C(=O)N(CCOC(C)C)C2c2ccccc2OC)cc1. The monoisotopic (exact) mass is 453 g/mol. The molecule has 1 heterocycles. The molecule has 3 rings (SSSR count). The van der Waals surface area contributed by atoms with E-state index in [0.717, 1.165) is 6.42 Å². The van der Waals surface area contributed by atoms with Gasteiger partial charge in [0, 0.05) is 17.7 Å². The molecule has 7 heteroatoms. The topological polar surface area (TPSA) is 85.3 Å². The number of likely N-dealkylation sites (tertiary alicyclic amines) is 1. The molecular formula is C26H31NO6. The van der Waals surface area contributed by atoms with E-state index in [1.807, 2.05) is 32.9 Å². The number of carbonyl (C=O) groups is 2. The first-order chi connectivity index (χ1) is 15.9. The number of hydrogen-bond acceptors (Lipinski definition) is 6. The number of nitrogens with zero attached hydrogens (tertiary/aromatic N) is 1. The quantitative estimate of drug-likeness (QED) is 0.327. The number of hydrogen-bond donors (Lipinski definition) is 1. The summed E-state index contributed by atoms with van der Waals surface area (Å²) in [5.74, 6) is -0.463. The molecule has 1 aliphatic heterocycles. The molecule has 1 atom stereocenters. The smallest absolute Gasteiger partial charge is 0.295 e. The lowest BCUT2D eigenvalue weighted by molar-refractivity contribution is -0.140. The second-order valence-electron chi connectivity index (χ2n) is 8.03. The molecule has 0 spiro atoms. The molecule has 0 saturated carbocycles. The summed E-state index contributed by atoms with van der Waals surface area (Å²) in [6, 6.07) is 13.2. The summed E-state index contributed by atoms with van der Waals surface area (Å²) in [5.41, 5.74) is 1.07. The predicted molar refractivity (Wildman–Crippen MR) is 125 cm³/mol. The van der Waals surface area contributed by atoms with Gasteiger partial charge in [-0.3, -0.25) is 9.59 Å². The number of aliphatic hydroxyl groups excluding tert-OH is 1. The molecule has 0 radical (unpaired) electrons. The molecule has 2 aromatic carbocycles. The van der Waals surface area contributed by atoms with Crippen LogP contribution in [0.4, 0.5) is 0 Å². The number of rotatable bonds is 10. The Morgan fingerprint density at radius 1 is 1.06 bits per heavy atom. The zero-order valence-electron chi connectivity index (χ0n) is 19.5. The number of carbonyl (C=O) groups excluding carboxylic acids is 2. The number of ether oxygens (including phenoxy) is 3. The second kappa shape index (κ2) is 11.0. The Hall–Kier alpha value is -3.32. The van der Waals surface area contributed by atoms with Crippen molar-refractivity contribution in [3.05, 3.63) is 65.2 Å². The molecule has 0 bridgehead atoms. The minimum absolute atomic E-state index is 0.0139. The van der Waals surface area contributed by atoms with Crippen LogP contribution in [0.15, 0.2) is 54.1 Å². The van der Waals surface area contributed by atoms with E-state index in [4.69, 9.17) is 14.2 Å². The van der Waals surface area contributed by atoms with Gasteiger partial charge in [-0.1, -0.05) is 25.1 Å². The van der Waals surface area contributed by atoms with Crippen molar-refractivity contribution < 1.29 is 28.9 Å². The highest BCUT2D eigenvalue weighted by molar-refractivity contribution is 6.46. The highest BCUT2D eigenvalue weighted by Crippen LogP contribution is 2.42. The lowest BCUT2D eigenvalue weighted by atomic mass is 9.94. The molecule has 33 heavy (non-hydrogen) atoms. The van der Waals surface area contributed by atoms with Gasteiger partial charge in [-0.25, -0.2) is 0 Å². The Bertz CT molecular complexity index is 1010. The Balaban J connectivity index is 2.06. The first kappa shape index (κ1) is 24.3. The van der Waals surface area contributed by atoms with Gasteiger partial charge in [-0.05, 0) is 50.6 Å². The molecule has 1 aliphatic rings. The predicted octanol–water partition coefficient (Wildman–Crippen LogP) is 4.33. The molecule has 1 saturated heterocycles. The first-order valence-electron chi connectivity index (χ1n) is 11.1. The molecule has 1 fully saturated rings. The van der Waals surface area contributed by atoms with Crippen LogP contribution in [0.5, 0.6) is 11.5 Å². The Kier molecular flexibility index (Phi) is 8.11. The van der Waals surface area contributed by atoms with Crippen LogP contribution in [0.3, 0.4) is 0 Å². The lowest BCUT2D eigenvalue weighted by Gasteiger charge is -2.26.